The van der Waals surface area contributed by atoms with E-state index in [1.807, 2.05) is 30.4 Å². The van der Waals surface area contributed by atoms with Gasteiger partial charge in [0.1, 0.15) is 5.82 Å². The molecule has 0 aromatic carbocycles. The van der Waals surface area contributed by atoms with Crippen LogP contribution in [0.15, 0.2) is 36.5 Å². The van der Waals surface area contributed by atoms with E-state index in [0.717, 1.165) is 38.4 Å². The number of β-amino-alcohol motifs (C(OH)–C–C–N with tert-alkyl or cyclic N) is 1. The molecule has 4 rings (SSSR count). The van der Waals surface area contributed by atoms with Gasteiger partial charge in [-0.2, -0.15) is 0 Å². The Kier molecular flexibility index (Phi) is 5.82. The summed E-state index contributed by atoms with van der Waals surface area (Å²) in [5, 5.41) is 13.2. The molecule has 1 aliphatic heterocycles. The Hall–Kier alpha value is -2.45. The maximum atomic E-state index is 12.7. The smallest absolute Gasteiger partial charge is 0.224 e. The number of hydrogen-bond donors (Lipinski definition) is 3. The number of carbonyl (C=O) groups excluding carboxylic acids is 2. The second kappa shape index (κ2) is 8.51. The van der Waals surface area contributed by atoms with Crippen LogP contribution >= 0.6 is 0 Å². The first-order chi connectivity index (χ1) is 14.0. The Balaban J connectivity index is 1.22. The van der Waals surface area contributed by atoms with E-state index in [0.29, 0.717) is 6.54 Å². The van der Waals surface area contributed by atoms with Crippen LogP contribution in [0.5, 0.6) is 0 Å². The van der Waals surface area contributed by atoms with Gasteiger partial charge in [-0.25, -0.2) is 4.98 Å². The zero-order valence-electron chi connectivity index (χ0n) is 16.5. The lowest BCUT2D eigenvalue weighted by Crippen LogP contribution is -2.51. The molecule has 4 N–H and O–H groups in total. The zero-order valence-corrected chi connectivity index (χ0v) is 16.5. The van der Waals surface area contributed by atoms with E-state index in [1.165, 1.54) is 0 Å². The monoisotopic (exact) mass is 399 g/mol. The van der Waals surface area contributed by atoms with Crippen LogP contribution in [0.2, 0.25) is 0 Å². The first-order valence-electron chi connectivity index (χ1n) is 10.3. The van der Waals surface area contributed by atoms with Crippen molar-refractivity contribution in [2.75, 3.05) is 44.2 Å². The molecule has 1 aromatic rings. The van der Waals surface area contributed by atoms with Gasteiger partial charge in [0.25, 0.3) is 0 Å². The van der Waals surface area contributed by atoms with Crippen LogP contribution in [0, 0.1) is 23.7 Å². The number of hydrogen-bond acceptors (Lipinski definition) is 6. The number of aliphatic hydroxyl groups excluding tert-OH is 1. The number of carbonyl (C=O) groups is 2. The lowest BCUT2D eigenvalue weighted by atomic mass is 9.82. The van der Waals surface area contributed by atoms with Crippen molar-refractivity contribution in [2.24, 2.45) is 29.4 Å². The fourth-order valence-corrected chi connectivity index (χ4v) is 4.97. The van der Waals surface area contributed by atoms with E-state index in [-0.39, 0.29) is 24.3 Å². The summed E-state index contributed by atoms with van der Waals surface area (Å²) < 4.78 is 0. The van der Waals surface area contributed by atoms with E-state index in [4.69, 9.17) is 5.73 Å². The summed E-state index contributed by atoms with van der Waals surface area (Å²) in [5.41, 5.74) is 5.53. The van der Waals surface area contributed by atoms with Crippen LogP contribution in [0.25, 0.3) is 0 Å². The molecule has 156 valence electrons. The molecule has 3 aliphatic rings. The Morgan fingerprint density at radius 2 is 1.90 bits per heavy atom. The summed E-state index contributed by atoms with van der Waals surface area (Å²) in [6.07, 6.45) is 5.98. The largest absolute Gasteiger partial charge is 0.390 e. The predicted molar refractivity (Wildman–Crippen MR) is 109 cm³/mol. The number of aliphatic hydroxyl groups is 1. The highest BCUT2D eigenvalue weighted by Crippen LogP contribution is 2.47. The van der Waals surface area contributed by atoms with Crippen LogP contribution in [-0.4, -0.2) is 72.2 Å². The minimum Gasteiger partial charge on any atom is -0.390 e. The molecule has 8 nitrogen and oxygen atoms in total. The molecule has 2 aliphatic carbocycles. The summed E-state index contributed by atoms with van der Waals surface area (Å²) in [6.45, 7) is 4.07. The zero-order chi connectivity index (χ0) is 20.4. The number of primary amides is 1. The Bertz CT molecular complexity index is 763. The molecule has 1 saturated carbocycles. The summed E-state index contributed by atoms with van der Waals surface area (Å²) >= 11 is 0. The molecule has 1 aromatic heterocycles. The van der Waals surface area contributed by atoms with Gasteiger partial charge < -0.3 is 21.1 Å². The van der Waals surface area contributed by atoms with Crippen LogP contribution in [0.3, 0.4) is 0 Å². The van der Waals surface area contributed by atoms with Crippen molar-refractivity contribution in [3.05, 3.63) is 36.5 Å². The molecule has 5 unspecified atom stereocenters. The number of pyridine rings is 1. The lowest BCUT2D eigenvalue weighted by Gasteiger charge is -2.36. The van der Waals surface area contributed by atoms with Crippen molar-refractivity contribution in [3.8, 4) is 0 Å². The first-order valence-corrected chi connectivity index (χ1v) is 10.3. The van der Waals surface area contributed by atoms with Crippen molar-refractivity contribution in [2.45, 2.75) is 12.5 Å². The lowest BCUT2D eigenvalue weighted by molar-refractivity contribution is -0.134. The van der Waals surface area contributed by atoms with Crippen molar-refractivity contribution < 1.29 is 14.7 Å². The third-order valence-corrected chi connectivity index (χ3v) is 6.42. The van der Waals surface area contributed by atoms with E-state index in [9.17, 15) is 14.7 Å². The predicted octanol–water partition coefficient (Wildman–Crippen LogP) is -0.396. The molecule has 29 heavy (non-hydrogen) atoms. The highest BCUT2D eigenvalue weighted by molar-refractivity contribution is 5.89. The Morgan fingerprint density at radius 1 is 1.17 bits per heavy atom. The molecule has 0 radical (unpaired) electrons. The molecule has 2 fully saturated rings. The Morgan fingerprint density at radius 3 is 2.55 bits per heavy atom. The third-order valence-electron chi connectivity index (χ3n) is 6.42. The van der Waals surface area contributed by atoms with Gasteiger partial charge in [0, 0.05) is 45.5 Å². The van der Waals surface area contributed by atoms with Gasteiger partial charge in [0.15, 0.2) is 0 Å². The molecule has 0 spiro atoms. The van der Waals surface area contributed by atoms with Crippen molar-refractivity contribution in [3.63, 3.8) is 0 Å². The molecule has 5 atom stereocenters. The number of anilines is 1. The number of amides is 2. The number of nitrogens with zero attached hydrogens (tertiary/aromatic N) is 3. The molecule has 2 heterocycles. The van der Waals surface area contributed by atoms with Crippen LogP contribution in [-0.2, 0) is 9.59 Å². The normalized spacial score (nSPS) is 29.8. The number of fused-ring (bicyclic) bond motifs is 2. The van der Waals surface area contributed by atoms with E-state index in [1.54, 1.807) is 6.20 Å². The standard InChI is InChI=1S/C21H29N5O3/c22-20(28)18-14-4-5-15(11-14)19(18)21(29)24-12-16(27)13-25-7-9-26(10-8-25)17-3-1-2-6-23-17/h1-6,14-16,18-19,27H,7-13H2,(H2,22,28)(H,24,29). The SMILES string of the molecule is NC(=O)C1C2C=CC(C2)C1C(=O)NCC(O)CN1CCN(c2ccccn2)CC1. The minimum atomic E-state index is -0.651. The van der Waals surface area contributed by atoms with Gasteiger partial charge in [-0.1, -0.05) is 18.2 Å². The van der Waals surface area contributed by atoms with Gasteiger partial charge in [0.05, 0.1) is 17.9 Å². The highest BCUT2D eigenvalue weighted by atomic mass is 16.3. The van der Waals surface area contributed by atoms with Gasteiger partial charge in [0.2, 0.25) is 11.8 Å². The van der Waals surface area contributed by atoms with Crippen LogP contribution in [0.1, 0.15) is 6.42 Å². The highest BCUT2D eigenvalue weighted by Gasteiger charge is 2.50. The molecule has 1 saturated heterocycles. The second-order valence-electron chi connectivity index (χ2n) is 8.28. The third kappa shape index (κ3) is 4.28. The fraction of sp³-hybridized carbons (Fsp3) is 0.571. The van der Waals surface area contributed by atoms with Gasteiger partial charge in [-0.15, -0.1) is 0 Å². The number of allylic oxidation sites excluding steroid dienone is 2. The van der Waals surface area contributed by atoms with Crippen molar-refractivity contribution in [1.29, 1.82) is 0 Å². The average Bonchev–Trinajstić information content (AvgIpc) is 3.35. The van der Waals surface area contributed by atoms with Gasteiger partial charge >= 0.3 is 0 Å². The second-order valence-corrected chi connectivity index (χ2v) is 8.28. The van der Waals surface area contributed by atoms with Crippen LogP contribution < -0.4 is 16.0 Å². The van der Waals surface area contributed by atoms with E-state index < -0.39 is 23.8 Å². The summed E-state index contributed by atoms with van der Waals surface area (Å²) in [7, 11) is 0. The average molecular weight is 399 g/mol. The number of piperazine rings is 1. The maximum Gasteiger partial charge on any atom is 0.224 e. The quantitative estimate of drug-likeness (QED) is 0.538. The fourth-order valence-electron chi connectivity index (χ4n) is 4.97. The van der Waals surface area contributed by atoms with Crippen molar-refractivity contribution >= 4 is 17.6 Å². The summed E-state index contributed by atoms with van der Waals surface area (Å²) in [5.74, 6) is -0.289. The Labute approximate surface area is 170 Å². The number of aromatic nitrogens is 1. The number of rotatable bonds is 7. The number of nitrogens with one attached hydrogen (secondary N) is 1. The van der Waals surface area contributed by atoms with E-state index in [2.05, 4.69) is 20.1 Å². The molecular weight excluding hydrogens is 370 g/mol. The molecule has 2 amide bonds. The van der Waals surface area contributed by atoms with Gasteiger partial charge in [-0.05, 0) is 30.4 Å². The molecule has 8 heteroatoms. The summed E-state index contributed by atoms with van der Waals surface area (Å²) in [4.78, 5) is 33.2. The topological polar surface area (TPSA) is 112 Å². The first kappa shape index (κ1) is 19.8. The van der Waals surface area contributed by atoms with E-state index >= 15 is 0 Å². The molecular formula is C21H29N5O3. The maximum absolute atomic E-state index is 12.7. The van der Waals surface area contributed by atoms with Gasteiger partial charge in [-0.3, -0.25) is 14.5 Å². The number of nitrogens with two attached hydrogens (primary N) is 1. The minimum absolute atomic E-state index is 0.0774. The van der Waals surface area contributed by atoms with Crippen LogP contribution in [0.4, 0.5) is 5.82 Å². The molecule has 2 bridgehead atoms. The summed E-state index contributed by atoms with van der Waals surface area (Å²) in [6, 6.07) is 5.89. The van der Waals surface area contributed by atoms with Crippen molar-refractivity contribution in [1.82, 2.24) is 15.2 Å².